The maximum atomic E-state index is 12.1. The molecule has 0 unspecified atom stereocenters. The summed E-state index contributed by atoms with van der Waals surface area (Å²) in [7, 11) is 2.94. The minimum absolute atomic E-state index is 0.408. The highest BCUT2D eigenvalue weighted by atomic mass is 16.5. The molecule has 6 rings (SSSR count). The number of carbonyl (C=O) groups is 1. The van der Waals surface area contributed by atoms with E-state index in [1.807, 2.05) is 12.1 Å². The van der Waals surface area contributed by atoms with Crippen LogP contribution >= 0.6 is 0 Å². The average Bonchev–Trinajstić information content (AvgIpc) is 3.34. The molecule has 4 nitrogen and oxygen atoms in total. The van der Waals surface area contributed by atoms with Crippen molar-refractivity contribution in [2.75, 3.05) is 14.2 Å². The van der Waals surface area contributed by atoms with Crippen LogP contribution in [0.5, 0.6) is 5.75 Å². The Morgan fingerprint density at radius 1 is 0.710 bits per heavy atom. The summed E-state index contributed by atoms with van der Waals surface area (Å²) in [6, 6.07) is 27.1. The molecule has 0 radical (unpaired) electrons. The van der Waals surface area contributed by atoms with E-state index < -0.39 is 5.97 Å². The van der Waals surface area contributed by atoms with E-state index in [0.717, 1.165) is 11.1 Å². The van der Waals surface area contributed by atoms with Crippen molar-refractivity contribution in [2.45, 2.75) is 0 Å². The largest absolute Gasteiger partial charge is 0.496 e. The summed E-state index contributed by atoms with van der Waals surface area (Å²) in [6.45, 7) is 0. The maximum absolute atomic E-state index is 12.1. The normalized spacial score (nSPS) is 11.7. The van der Waals surface area contributed by atoms with Gasteiger partial charge in [0.25, 0.3) is 0 Å². The van der Waals surface area contributed by atoms with Crippen molar-refractivity contribution in [3.05, 3.63) is 84.4 Å². The predicted molar refractivity (Wildman–Crippen MR) is 124 cm³/mol. The minimum Gasteiger partial charge on any atom is -0.496 e. The number of esters is 1. The molecule has 150 valence electrons. The van der Waals surface area contributed by atoms with Crippen LogP contribution < -0.4 is 4.74 Å². The van der Waals surface area contributed by atoms with Gasteiger partial charge in [0.1, 0.15) is 11.3 Å². The lowest BCUT2D eigenvalue weighted by atomic mass is 9.98. The summed E-state index contributed by atoms with van der Waals surface area (Å²) in [5, 5.41) is 4.90. The van der Waals surface area contributed by atoms with E-state index >= 15 is 0 Å². The zero-order valence-electron chi connectivity index (χ0n) is 17.2. The van der Waals surface area contributed by atoms with Crippen LogP contribution in [0.2, 0.25) is 0 Å². The number of carbonyl (C=O) groups excluding carboxylic acids is 1. The number of fused-ring (bicyclic) bond motifs is 6. The molecule has 2 heterocycles. The molecule has 0 saturated heterocycles. The summed E-state index contributed by atoms with van der Waals surface area (Å²) in [5.41, 5.74) is 6.14. The van der Waals surface area contributed by atoms with E-state index in [1.54, 1.807) is 13.2 Å². The molecule has 0 aliphatic carbocycles. The topological polar surface area (TPSA) is 39.9 Å². The molecule has 6 aromatic rings. The molecular weight excluding hydrogens is 386 g/mol. The van der Waals surface area contributed by atoms with Gasteiger partial charge >= 0.3 is 5.97 Å². The minimum atomic E-state index is -0.408. The van der Waals surface area contributed by atoms with E-state index in [1.165, 1.54) is 45.2 Å². The van der Waals surface area contributed by atoms with Crippen LogP contribution in [-0.2, 0) is 4.74 Å². The highest BCUT2D eigenvalue weighted by molar-refractivity contribution is 6.24. The Balaban J connectivity index is 1.71. The Labute approximate surface area is 178 Å². The third kappa shape index (κ3) is 2.39. The first-order chi connectivity index (χ1) is 15.2. The molecule has 0 fully saturated rings. The highest BCUT2D eigenvalue weighted by Crippen LogP contribution is 2.42. The smallest absolute Gasteiger partial charge is 0.341 e. The number of para-hydroxylation sites is 2. The Morgan fingerprint density at radius 3 is 1.90 bits per heavy atom. The predicted octanol–water partition coefficient (Wildman–Crippen LogP) is 6.30. The van der Waals surface area contributed by atoms with E-state index in [0.29, 0.717) is 11.3 Å². The van der Waals surface area contributed by atoms with E-state index in [4.69, 9.17) is 9.47 Å². The summed E-state index contributed by atoms with van der Waals surface area (Å²) < 4.78 is 12.7. The molecule has 0 aliphatic rings. The number of benzene rings is 4. The summed E-state index contributed by atoms with van der Waals surface area (Å²) in [4.78, 5) is 12.1. The standard InChI is InChI=1S/C27H19NO3/c1-30-25-15-16(11-12-20(25)27(29)31-2)17-13-21-18-7-3-5-9-23(18)28-24-10-6-4-8-19(24)22(14-17)26(21)28/h3-15H,1-2H3. The van der Waals surface area contributed by atoms with Crippen LogP contribution in [0.25, 0.3) is 49.2 Å². The second-order valence-corrected chi connectivity index (χ2v) is 7.70. The zero-order valence-corrected chi connectivity index (χ0v) is 17.2. The van der Waals surface area contributed by atoms with Crippen molar-refractivity contribution in [2.24, 2.45) is 0 Å². The first-order valence-electron chi connectivity index (χ1n) is 10.1. The molecule has 0 amide bonds. The van der Waals surface area contributed by atoms with Gasteiger partial charge in [-0.15, -0.1) is 0 Å². The lowest BCUT2D eigenvalue weighted by Gasteiger charge is -2.10. The molecule has 0 aliphatic heterocycles. The molecule has 4 aromatic carbocycles. The molecule has 0 N–H and O–H groups in total. The van der Waals surface area contributed by atoms with Gasteiger partial charge in [-0.3, -0.25) is 0 Å². The molecule has 0 atom stereocenters. The highest BCUT2D eigenvalue weighted by Gasteiger charge is 2.19. The molecule has 0 spiro atoms. The maximum Gasteiger partial charge on any atom is 0.341 e. The molecular formula is C27H19NO3. The zero-order chi connectivity index (χ0) is 21.1. The lowest BCUT2D eigenvalue weighted by Crippen LogP contribution is -2.04. The third-order valence-electron chi connectivity index (χ3n) is 6.14. The Kier molecular flexibility index (Phi) is 3.71. The fourth-order valence-electron chi connectivity index (χ4n) is 4.77. The van der Waals surface area contributed by atoms with Gasteiger partial charge in [0.05, 0.1) is 30.8 Å². The van der Waals surface area contributed by atoms with Crippen molar-refractivity contribution in [3.8, 4) is 16.9 Å². The van der Waals surface area contributed by atoms with Gasteiger partial charge in [0.2, 0.25) is 0 Å². The molecule has 0 saturated carbocycles. The number of hydrogen-bond acceptors (Lipinski definition) is 3. The second kappa shape index (κ2) is 6.47. The fourth-order valence-corrected chi connectivity index (χ4v) is 4.77. The molecule has 2 aromatic heterocycles. The third-order valence-corrected chi connectivity index (χ3v) is 6.14. The van der Waals surface area contributed by atoms with Gasteiger partial charge in [-0.1, -0.05) is 42.5 Å². The molecule has 31 heavy (non-hydrogen) atoms. The van der Waals surface area contributed by atoms with Crippen molar-refractivity contribution < 1.29 is 14.3 Å². The van der Waals surface area contributed by atoms with Gasteiger partial charge in [-0.2, -0.15) is 0 Å². The Hall–Kier alpha value is -4.05. The van der Waals surface area contributed by atoms with E-state index in [9.17, 15) is 4.79 Å². The summed E-state index contributed by atoms with van der Waals surface area (Å²) >= 11 is 0. The fraction of sp³-hybridized carbons (Fsp3) is 0.0741. The van der Waals surface area contributed by atoms with Crippen LogP contribution in [0.15, 0.2) is 78.9 Å². The van der Waals surface area contributed by atoms with Gasteiger partial charge < -0.3 is 13.9 Å². The SMILES string of the molecule is COC(=O)c1ccc(-c2cc3c4ccccc4n4c5ccccc5c(c2)c34)cc1OC. The molecule has 0 bridgehead atoms. The van der Waals surface area contributed by atoms with Crippen molar-refractivity contribution in [3.63, 3.8) is 0 Å². The Morgan fingerprint density at radius 2 is 1.32 bits per heavy atom. The number of nitrogens with zero attached hydrogens (tertiary/aromatic N) is 1. The van der Waals surface area contributed by atoms with E-state index in [-0.39, 0.29) is 0 Å². The van der Waals surface area contributed by atoms with Gasteiger partial charge in [-0.25, -0.2) is 4.79 Å². The van der Waals surface area contributed by atoms with Crippen molar-refractivity contribution >= 4 is 44.1 Å². The van der Waals surface area contributed by atoms with Gasteiger partial charge in [0.15, 0.2) is 0 Å². The van der Waals surface area contributed by atoms with E-state index in [2.05, 4.69) is 65.1 Å². The summed E-state index contributed by atoms with van der Waals surface area (Å²) in [6.07, 6.45) is 0. The van der Waals surface area contributed by atoms with Crippen molar-refractivity contribution in [1.29, 1.82) is 0 Å². The number of ether oxygens (including phenoxy) is 2. The number of rotatable bonds is 3. The van der Waals surface area contributed by atoms with Gasteiger partial charge in [-0.05, 0) is 47.5 Å². The van der Waals surface area contributed by atoms with Gasteiger partial charge in [0, 0.05) is 21.5 Å². The quantitative estimate of drug-likeness (QED) is 0.325. The number of methoxy groups -OCH3 is 2. The molecule has 4 heteroatoms. The number of hydrogen-bond donors (Lipinski definition) is 0. The van der Waals surface area contributed by atoms with Crippen LogP contribution in [-0.4, -0.2) is 24.6 Å². The van der Waals surface area contributed by atoms with Crippen molar-refractivity contribution in [1.82, 2.24) is 4.40 Å². The second-order valence-electron chi connectivity index (χ2n) is 7.70. The van der Waals surface area contributed by atoms with Crippen LogP contribution in [0.1, 0.15) is 10.4 Å². The van der Waals surface area contributed by atoms with Crippen LogP contribution in [0, 0.1) is 0 Å². The first-order valence-corrected chi connectivity index (χ1v) is 10.1. The summed E-state index contributed by atoms with van der Waals surface area (Å²) in [5.74, 6) is 0.0955. The van der Waals surface area contributed by atoms with Crippen LogP contribution in [0.4, 0.5) is 0 Å². The first kappa shape index (κ1) is 17.8. The van der Waals surface area contributed by atoms with Crippen LogP contribution in [0.3, 0.4) is 0 Å². The average molecular weight is 405 g/mol. The number of aromatic nitrogens is 1. The lowest BCUT2D eigenvalue weighted by molar-refractivity contribution is 0.0597. The monoisotopic (exact) mass is 405 g/mol. The Bertz CT molecular complexity index is 1540.